The number of nitrogens with one attached hydrogen (secondary N) is 1. The summed E-state index contributed by atoms with van der Waals surface area (Å²) in [5.41, 5.74) is 1.34. The molecule has 1 aromatic heterocycles. The Kier molecular flexibility index (Phi) is 10.1. The second kappa shape index (κ2) is 13.3. The lowest BCUT2D eigenvalue weighted by atomic mass is 9.95. The molecule has 0 spiro atoms. The number of esters is 1. The van der Waals surface area contributed by atoms with E-state index in [9.17, 15) is 18.4 Å². The van der Waals surface area contributed by atoms with Crippen molar-refractivity contribution in [3.05, 3.63) is 61.7 Å². The number of benzene rings is 1. The number of rotatable bonds is 11. The number of carbonyl (C=O) groups excluding carboxylic acids is 1. The highest BCUT2D eigenvalue weighted by atomic mass is 35.5. The summed E-state index contributed by atoms with van der Waals surface area (Å²) >= 11 is 14.1. The predicted molar refractivity (Wildman–Crippen MR) is 147 cm³/mol. The third kappa shape index (κ3) is 7.76. The van der Waals surface area contributed by atoms with Crippen molar-refractivity contribution >= 4 is 52.3 Å². The highest BCUT2D eigenvalue weighted by Crippen LogP contribution is 2.38. The summed E-state index contributed by atoms with van der Waals surface area (Å²) in [5.74, 6) is -4.99. The molecule has 1 fully saturated rings. The van der Waals surface area contributed by atoms with E-state index in [4.69, 9.17) is 42.8 Å². The SMILES string of the molecule is CCOC(=O)C1=C(CN2CCO[C@H](CCC(F)(F)CC(=O)O)C2)NC(c2nccs2)=N[C@H]1c1ccc(Cl)cc1Cl. The minimum absolute atomic E-state index is 0.0111. The molecule has 0 radical (unpaired) electrons. The summed E-state index contributed by atoms with van der Waals surface area (Å²) < 4.78 is 39.1. The maximum Gasteiger partial charge on any atom is 0.338 e. The standard InChI is InChI=1S/C26H28Cl2F2N4O5S/c1-2-38-25(37)21-19(14-34-8-9-39-16(13-34)5-6-26(29,30)12-20(35)36)32-23(24-31-7-10-40-24)33-22(21)17-4-3-15(27)11-18(17)28/h3-4,7,10-11,16,22H,2,5-6,8-9,12-14H2,1H3,(H,32,33)(H,35,36)/t16-,22+/m1/s1. The number of aromatic nitrogens is 1. The number of thiazole rings is 1. The Hall–Kier alpha value is -2.64. The van der Waals surface area contributed by atoms with Crippen LogP contribution in [0.2, 0.25) is 10.0 Å². The van der Waals surface area contributed by atoms with Crippen LogP contribution in [0.25, 0.3) is 0 Å². The number of amidine groups is 1. The van der Waals surface area contributed by atoms with Crippen LogP contribution < -0.4 is 5.32 Å². The minimum Gasteiger partial charge on any atom is -0.481 e. The normalized spacial score (nSPS) is 20.2. The van der Waals surface area contributed by atoms with Gasteiger partial charge in [0.05, 0.1) is 24.9 Å². The van der Waals surface area contributed by atoms with Crippen LogP contribution >= 0.6 is 34.5 Å². The number of aliphatic imine (C=N–C) groups is 1. The number of hydrogen-bond acceptors (Lipinski definition) is 9. The molecule has 2 N–H and O–H groups in total. The number of hydrogen-bond donors (Lipinski definition) is 2. The van der Waals surface area contributed by atoms with Gasteiger partial charge in [-0.15, -0.1) is 11.3 Å². The van der Waals surface area contributed by atoms with Crippen molar-refractivity contribution in [2.24, 2.45) is 4.99 Å². The number of carboxylic acids is 1. The zero-order valence-corrected chi connectivity index (χ0v) is 23.9. The predicted octanol–water partition coefficient (Wildman–Crippen LogP) is 4.95. The van der Waals surface area contributed by atoms with Gasteiger partial charge in [0.1, 0.15) is 12.5 Å². The average molecular weight is 618 g/mol. The van der Waals surface area contributed by atoms with E-state index in [0.717, 1.165) is 0 Å². The van der Waals surface area contributed by atoms with E-state index in [1.165, 1.54) is 11.3 Å². The zero-order valence-electron chi connectivity index (χ0n) is 21.5. The van der Waals surface area contributed by atoms with Crippen LogP contribution in [-0.4, -0.2) is 77.6 Å². The first-order valence-corrected chi connectivity index (χ1v) is 14.2. The number of halogens is 4. The minimum atomic E-state index is -3.33. The molecule has 0 bridgehead atoms. The van der Waals surface area contributed by atoms with Gasteiger partial charge >= 0.3 is 11.9 Å². The molecule has 0 saturated carbocycles. The molecule has 40 heavy (non-hydrogen) atoms. The largest absolute Gasteiger partial charge is 0.481 e. The highest BCUT2D eigenvalue weighted by molar-refractivity contribution is 7.11. The molecule has 3 heterocycles. The fraction of sp³-hybridized carbons (Fsp3) is 0.462. The quantitative estimate of drug-likeness (QED) is 0.341. The van der Waals surface area contributed by atoms with Crippen LogP contribution in [0, 0.1) is 0 Å². The molecule has 1 saturated heterocycles. The molecule has 9 nitrogen and oxygen atoms in total. The average Bonchev–Trinajstić information content (AvgIpc) is 3.42. The molecule has 0 aliphatic carbocycles. The van der Waals surface area contributed by atoms with Gasteiger partial charge in [-0.1, -0.05) is 29.3 Å². The third-order valence-corrected chi connectivity index (χ3v) is 7.70. The number of ether oxygens (including phenoxy) is 2. The molecule has 4 rings (SSSR count). The van der Waals surface area contributed by atoms with Gasteiger partial charge in [0.15, 0.2) is 10.8 Å². The van der Waals surface area contributed by atoms with Gasteiger partial charge in [0, 0.05) is 58.9 Å². The van der Waals surface area contributed by atoms with Crippen molar-refractivity contribution in [1.82, 2.24) is 15.2 Å². The maximum atomic E-state index is 14.0. The maximum absolute atomic E-state index is 14.0. The second-order valence-corrected chi connectivity index (χ2v) is 11.1. The molecule has 14 heteroatoms. The van der Waals surface area contributed by atoms with E-state index < -0.39 is 42.8 Å². The number of carboxylic acid groups (broad SMARTS) is 1. The third-order valence-electron chi connectivity index (χ3n) is 6.36. The molecular weight excluding hydrogens is 589 g/mol. The second-order valence-electron chi connectivity index (χ2n) is 9.31. The van der Waals surface area contributed by atoms with Gasteiger partial charge in [0.25, 0.3) is 5.92 Å². The van der Waals surface area contributed by atoms with Gasteiger partial charge in [0.2, 0.25) is 0 Å². The fourth-order valence-electron chi connectivity index (χ4n) is 4.57. The van der Waals surface area contributed by atoms with Crippen molar-refractivity contribution in [3.63, 3.8) is 0 Å². The van der Waals surface area contributed by atoms with Gasteiger partial charge in [-0.25, -0.2) is 18.6 Å². The van der Waals surface area contributed by atoms with E-state index >= 15 is 0 Å². The van der Waals surface area contributed by atoms with E-state index in [2.05, 4.69) is 10.3 Å². The van der Waals surface area contributed by atoms with Crippen LogP contribution in [0.3, 0.4) is 0 Å². The van der Waals surface area contributed by atoms with Crippen LogP contribution in [0.1, 0.15) is 42.8 Å². The monoisotopic (exact) mass is 616 g/mol. The first-order valence-electron chi connectivity index (χ1n) is 12.6. The molecule has 2 aliphatic rings. The lowest BCUT2D eigenvalue weighted by molar-refractivity contribution is -0.146. The fourth-order valence-corrected chi connectivity index (χ4v) is 5.67. The highest BCUT2D eigenvalue weighted by Gasteiger charge is 2.37. The van der Waals surface area contributed by atoms with Gasteiger partial charge in [-0.2, -0.15) is 0 Å². The van der Waals surface area contributed by atoms with Gasteiger partial charge in [-0.05, 0) is 25.5 Å². The Morgan fingerprint density at radius 2 is 2.15 bits per heavy atom. The van der Waals surface area contributed by atoms with Crippen LogP contribution in [0.5, 0.6) is 0 Å². The van der Waals surface area contributed by atoms with Gasteiger partial charge < -0.3 is 19.9 Å². The Bertz CT molecular complexity index is 1290. The number of carbonyl (C=O) groups is 2. The topological polar surface area (TPSA) is 113 Å². The number of nitrogens with zero attached hydrogens (tertiary/aromatic N) is 3. The molecule has 2 atom stereocenters. The first-order chi connectivity index (χ1) is 19.1. The smallest absolute Gasteiger partial charge is 0.338 e. The summed E-state index contributed by atoms with van der Waals surface area (Å²) in [6.07, 6.45) is -0.729. The van der Waals surface area contributed by atoms with Crippen LogP contribution in [0.15, 0.2) is 46.0 Å². The van der Waals surface area contributed by atoms with Crippen molar-refractivity contribution < 1.29 is 33.0 Å². The van der Waals surface area contributed by atoms with E-state index in [0.29, 0.717) is 45.2 Å². The Balaban J connectivity index is 1.63. The van der Waals surface area contributed by atoms with Gasteiger partial charge in [-0.3, -0.25) is 14.7 Å². The van der Waals surface area contributed by atoms with Crippen LogP contribution in [-0.2, 0) is 19.1 Å². The van der Waals surface area contributed by atoms with E-state index in [-0.39, 0.29) is 31.8 Å². The Morgan fingerprint density at radius 1 is 1.35 bits per heavy atom. The van der Waals surface area contributed by atoms with Crippen molar-refractivity contribution in [3.8, 4) is 0 Å². The van der Waals surface area contributed by atoms with E-state index in [1.54, 1.807) is 36.7 Å². The summed E-state index contributed by atoms with van der Waals surface area (Å²) in [6, 6.07) is 4.14. The number of aliphatic carboxylic acids is 1. The lowest BCUT2D eigenvalue weighted by Crippen LogP contribution is -2.46. The molecule has 0 amide bonds. The molecule has 0 unspecified atom stereocenters. The number of morpholine rings is 1. The molecular formula is C26H28Cl2F2N4O5S. The summed E-state index contributed by atoms with van der Waals surface area (Å²) in [6.45, 7) is 3.17. The number of alkyl halides is 2. The zero-order chi connectivity index (χ0) is 28.9. The molecule has 2 aliphatic heterocycles. The molecule has 2 aromatic rings. The summed E-state index contributed by atoms with van der Waals surface area (Å²) in [5, 5.41) is 15.2. The Labute approximate surface area is 243 Å². The molecule has 216 valence electrons. The molecule has 1 aromatic carbocycles. The first kappa shape index (κ1) is 30.3. The van der Waals surface area contributed by atoms with Crippen molar-refractivity contribution in [2.45, 2.75) is 44.3 Å². The summed E-state index contributed by atoms with van der Waals surface area (Å²) in [4.78, 5) is 35.2. The van der Waals surface area contributed by atoms with Crippen molar-refractivity contribution in [2.75, 3.05) is 32.8 Å². The van der Waals surface area contributed by atoms with Crippen LogP contribution in [0.4, 0.5) is 8.78 Å². The Morgan fingerprint density at radius 3 is 2.83 bits per heavy atom. The lowest BCUT2D eigenvalue weighted by Gasteiger charge is -2.36. The van der Waals surface area contributed by atoms with Crippen molar-refractivity contribution in [1.29, 1.82) is 0 Å². The van der Waals surface area contributed by atoms with E-state index in [1.807, 2.05) is 4.90 Å². The summed E-state index contributed by atoms with van der Waals surface area (Å²) in [7, 11) is 0.